The van der Waals surface area contributed by atoms with Gasteiger partial charge in [0.1, 0.15) is 10.1 Å². The third-order valence-corrected chi connectivity index (χ3v) is 7.07. The van der Waals surface area contributed by atoms with Gasteiger partial charge in [-0.3, -0.25) is 14.5 Å². The van der Waals surface area contributed by atoms with E-state index in [1.165, 1.54) is 23.8 Å². The number of hydrogen-bond acceptors (Lipinski definition) is 7. The van der Waals surface area contributed by atoms with Gasteiger partial charge in [-0.1, -0.05) is 83.0 Å². The van der Waals surface area contributed by atoms with Crippen molar-refractivity contribution >= 4 is 81.0 Å². The molecule has 1 aromatic heterocycles. The van der Waals surface area contributed by atoms with Gasteiger partial charge >= 0.3 is 0 Å². The maximum atomic E-state index is 12.9. The molecule has 1 saturated heterocycles. The molecule has 0 saturated carbocycles. The fourth-order valence-corrected chi connectivity index (χ4v) is 4.87. The van der Waals surface area contributed by atoms with E-state index in [0.29, 0.717) is 31.9 Å². The van der Waals surface area contributed by atoms with Gasteiger partial charge in [0.25, 0.3) is 11.8 Å². The van der Waals surface area contributed by atoms with Crippen LogP contribution in [0, 0.1) is 0 Å². The number of carbonyl (C=O) groups excluding carboxylic acids is 2. The average molecular weight is 598 g/mol. The average Bonchev–Trinajstić information content (AvgIpc) is 3.48. The van der Waals surface area contributed by atoms with Crippen molar-refractivity contribution in [3.8, 4) is 11.5 Å². The Bertz CT molecular complexity index is 1330. The van der Waals surface area contributed by atoms with Crippen molar-refractivity contribution in [2.24, 2.45) is 0 Å². The zero-order valence-electron chi connectivity index (χ0n) is 19.2. The summed E-state index contributed by atoms with van der Waals surface area (Å²) in [6.07, 6.45) is 1.90. The van der Waals surface area contributed by atoms with Crippen LogP contribution in [0.2, 0.25) is 0 Å². The summed E-state index contributed by atoms with van der Waals surface area (Å²) in [6, 6.07) is 16.9. The summed E-state index contributed by atoms with van der Waals surface area (Å²) >= 11 is 24.8. The second kappa shape index (κ2) is 11.8. The van der Waals surface area contributed by atoms with E-state index in [1.54, 1.807) is 73.0 Å². The van der Waals surface area contributed by atoms with Crippen LogP contribution < -0.4 is 14.8 Å². The Labute approximate surface area is 237 Å². The molecule has 2 heterocycles. The van der Waals surface area contributed by atoms with Gasteiger partial charge in [0.15, 0.2) is 11.5 Å². The zero-order chi connectivity index (χ0) is 26.6. The van der Waals surface area contributed by atoms with Crippen LogP contribution in [-0.2, 0) is 11.3 Å². The summed E-state index contributed by atoms with van der Waals surface area (Å²) < 4.78 is 15.1. The summed E-state index contributed by atoms with van der Waals surface area (Å²) in [5.74, 6) is 0.431. The topological polar surface area (TPSA) is 81.0 Å². The Kier molecular flexibility index (Phi) is 8.71. The number of nitrogens with zero attached hydrogens (tertiary/aromatic N) is 1. The van der Waals surface area contributed by atoms with Crippen molar-refractivity contribution in [3.05, 3.63) is 88.7 Å². The molecule has 1 aliphatic rings. The van der Waals surface area contributed by atoms with Crippen LogP contribution >= 0.6 is 58.8 Å². The van der Waals surface area contributed by atoms with Gasteiger partial charge in [0.05, 0.1) is 24.8 Å². The molecule has 1 N–H and O–H groups in total. The lowest BCUT2D eigenvalue weighted by Crippen LogP contribution is -2.47. The minimum atomic E-state index is -1.99. The van der Waals surface area contributed by atoms with E-state index in [4.69, 9.17) is 60.9 Å². The Morgan fingerprint density at radius 3 is 2.57 bits per heavy atom. The van der Waals surface area contributed by atoms with E-state index < -0.39 is 15.9 Å². The molecule has 12 heteroatoms. The smallest absolute Gasteiger partial charge is 0.266 e. The molecule has 1 unspecified atom stereocenters. The molecule has 3 aromatic rings. The largest absolute Gasteiger partial charge is 0.493 e. The lowest BCUT2D eigenvalue weighted by Gasteiger charge is -2.27. The van der Waals surface area contributed by atoms with Crippen LogP contribution in [0.4, 0.5) is 0 Å². The van der Waals surface area contributed by atoms with Crippen molar-refractivity contribution in [1.29, 1.82) is 0 Å². The van der Waals surface area contributed by atoms with E-state index in [9.17, 15) is 9.59 Å². The quantitative estimate of drug-likeness (QED) is 0.143. The highest BCUT2D eigenvalue weighted by Gasteiger charge is 2.37. The Balaban J connectivity index is 1.52. The summed E-state index contributed by atoms with van der Waals surface area (Å²) in [5, 5.41) is 2.58. The molecule has 1 atom stereocenters. The first-order valence-corrected chi connectivity index (χ1v) is 13.1. The fourth-order valence-electron chi connectivity index (χ4n) is 3.31. The summed E-state index contributed by atoms with van der Waals surface area (Å²) in [5.41, 5.74) is 1.03. The number of alkyl halides is 3. The second-order valence-electron chi connectivity index (χ2n) is 7.64. The lowest BCUT2D eigenvalue weighted by atomic mass is 10.2. The van der Waals surface area contributed by atoms with Gasteiger partial charge in [-0.05, 0) is 48.0 Å². The fraction of sp³-hybridized carbons (Fsp3) is 0.160. The number of furan rings is 1. The summed E-state index contributed by atoms with van der Waals surface area (Å²) in [6.45, 7) is 0.248. The minimum absolute atomic E-state index is 0.217. The van der Waals surface area contributed by atoms with Crippen LogP contribution in [0.15, 0.2) is 76.2 Å². The number of halogens is 3. The van der Waals surface area contributed by atoms with Crippen LogP contribution in [0.5, 0.6) is 11.5 Å². The molecular formula is C25H19Cl3N2O5S2. The lowest BCUT2D eigenvalue weighted by molar-refractivity contribution is -0.122. The molecule has 0 aliphatic carbocycles. The molecule has 0 spiro atoms. The Hall–Kier alpha value is -2.69. The normalized spacial score (nSPS) is 15.7. The van der Waals surface area contributed by atoms with Gasteiger partial charge in [0, 0.05) is 5.56 Å². The van der Waals surface area contributed by atoms with Crippen molar-refractivity contribution in [2.75, 3.05) is 7.11 Å². The highest BCUT2D eigenvalue weighted by Crippen LogP contribution is 2.38. The molecule has 4 rings (SSSR count). The molecule has 1 fully saturated rings. The SMILES string of the molecule is COc1cc(/C=C2\SC(=S)N(Cc3ccco3)C2=O)ccc1OC(NC(=O)c1ccccc1)C(Cl)(Cl)Cl. The van der Waals surface area contributed by atoms with Crippen molar-refractivity contribution < 1.29 is 23.5 Å². The standard InChI is InChI=1S/C25H19Cl3N2O5S2/c1-33-19-12-15(13-20-22(32)30(24(36)37-20)14-17-8-5-11-34-17)9-10-18(19)35-23(25(26,27)28)29-21(31)16-6-3-2-4-7-16/h2-13,23H,14H2,1H3,(H,29,31)/b20-13-. The van der Waals surface area contributed by atoms with Gasteiger partial charge in [0.2, 0.25) is 10.0 Å². The van der Waals surface area contributed by atoms with Crippen LogP contribution in [0.1, 0.15) is 21.7 Å². The van der Waals surface area contributed by atoms with E-state index >= 15 is 0 Å². The number of methoxy groups -OCH3 is 1. The Morgan fingerprint density at radius 1 is 1.16 bits per heavy atom. The number of ether oxygens (including phenoxy) is 2. The second-order valence-corrected chi connectivity index (χ2v) is 11.7. The number of amides is 2. The first-order chi connectivity index (χ1) is 17.7. The van der Waals surface area contributed by atoms with Gasteiger partial charge in [-0.25, -0.2) is 0 Å². The molecule has 192 valence electrons. The number of hydrogen-bond donors (Lipinski definition) is 1. The summed E-state index contributed by atoms with van der Waals surface area (Å²) in [7, 11) is 1.45. The van der Waals surface area contributed by atoms with Gasteiger partial charge in [-0.15, -0.1) is 0 Å². The first-order valence-electron chi connectivity index (χ1n) is 10.7. The molecule has 0 bridgehead atoms. The van der Waals surface area contributed by atoms with Crippen molar-refractivity contribution in [3.63, 3.8) is 0 Å². The maximum Gasteiger partial charge on any atom is 0.266 e. The van der Waals surface area contributed by atoms with E-state index in [0.717, 1.165) is 0 Å². The number of carbonyl (C=O) groups is 2. The van der Waals surface area contributed by atoms with Crippen LogP contribution in [0.3, 0.4) is 0 Å². The Morgan fingerprint density at radius 2 is 1.92 bits per heavy atom. The van der Waals surface area contributed by atoms with Crippen LogP contribution in [0.25, 0.3) is 6.08 Å². The molecular weight excluding hydrogens is 579 g/mol. The third kappa shape index (κ3) is 6.80. The first kappa shape index (κ1) is 27.3. The van der Waals surface area contributed by atoms with E-state index in [-0.39, 0.29) is 18.2 Å². The van der Waals surface area contributed by atoms with Crippen molar-refractivity contribution in [2.45, 2.75) is 16.6 Å². The molecule has 2 aromatic carbocycles. The molecule has 0 radical (unpaired) electrons. The predicted molar refractivity (Wildman–Crippen MR) is 149 cm³/mol. The minimum Gasteiger partial charge on any atom is -0.493 e. The zero-order valence-corrected chi connectivity index (χ0v) is 23.1. The molecule has 7 nitrogen and oxygen atoms in total. The van der Waals surface area contributed by atoms with E-state index in [2.05, 4.69) is 5.32 Å². The number of benzene rings is 2. The summed E-state index contributed by atoms with van der Waals surface area (Å²) in [4.78, 5) is 27.4. The van der Waals surface area contributed by atoms with Crippen molar-refractivity contribution in [1.82, 2.24) is 10.2 Å². The number of thioether (sulfide) groups is 1. The monoisotopic (exact) mass is 596 g/mol. The highest BCUT2D eigenvalue weighted by molar-refractivity contribution is 8.26. The van der Waals surface area contributed by atoms with Crippen LogP contribution in [-0.4, -0.2) is 38.2 Å². The maximum absolute atomic E-state index is 12.9. The number of rotatable bonds is 8. The predicted octanol–water partition coefficient (Wildman–Crippen LogP) is 6.19. The molecule has 2 amide bonds. The highest BCUT2D eigenvalue weighted by atomic mass is 35.6. The van der Waals surface area contributed by atoms with E-state index in [1.807, 2.05) is 0 Å². The number of nitrogens with one attached hydrogen (secondary N) is 1. The van der Waals surface area contributed by atoms with Gasteiger partial charge in [-0.2, -0.15) is 0 Å². The van der Waals surface area contributed by atoms with Gasteiger partial charge < -0.3 is 19.2 Å². The number of thiocarbonyl (C=S) groups is 1. The third-order valence-electron chi connectivity index (χ3n) is 5.09. The molecule has 1 aliphatic heterocycles. The molecule has 37 heavy (non-hydrogen) atoms.